The van der Waals surface area contributed by atoms with E-state index in [4.69, 9.17) is 10.1 Å². The number of nitrogens with zero attached hydrogens (tertiary/aromatic N) is 2. The van der Waals surface area contributed by atoms with Gasteiger partial charge in [-0.15, -0.1) is 6.58 Å². The average molecular weight is 293 g/mol. The highest BCUT2D eigenvalue weighted by Gasteiger charge is 2.22. The van der Waals surface area contributed by atoms with Crippen LogP contribution in [0.4, 0.5) is 9.18 Å². The smallest absolute Gasteiger partial charge is 0.410 e. The molecule has 0 aliphatic carbocycles. The second-order valence-corrected chi connectivity index (χ2v) is 5.49. The summed E-state index contributed by atoms with van der Waals surface area (Å²) in [6.07, 6.45) is 2.05. The molecule has 5 nitrogen and oxygen atoms in total. The number of rotatable bonds is 5. The summed E-state index contributed by atoms with van der Waals surface area (Å²) in [7, 11) is 0. The van der Waals surface area contributed by atoms with Gasteiger partial charge in [0.15, 0.2) is 0 Å². The molecule has 0 aromatic carbocycles. The van der Waals surface area contributed by atoms with Crippen LogP contribution < -0.4 is 0 Å². The highest BCUT2D eigenvalue weighted by Crippen LogP contribution is 2.10. The average Bonchev–Trinajstić information content (AvgIpc) is 2.36. The molecule has 1 amide bonds. The fourth-order valence-electron chi connectivity index (χ4n) is 1.51. The van der Waals surface area contributed by atoms with E-state index >= 15 is 0 Å². The van der Waals surface area contributed by atoms with E-state index in [1.165, 1.54) is 17.0 Å². The van der Waals surface area contributed by atoms with Crippen molar-refractivity contribution in [3.05, 3.63) is 42.5 Å². The normalized spacial score (nSPS) is 10.9. The molecule has 1 aromatic rings. The lowest BCUT2D eigenvalue weighted by Gasteiger charge is -2.26. The maximum Gasteiger partial charge on any atom is 0.410 e. The first-order valence-electron chi connectivity index (χ1n) is 6.51. The molecule has 21 heavy (non-hydrogen) atoms. The SMILES string of the molecule is C=CCN(CC(=N)c1ccc(F)cn1)C(=O)OC(C)(C)C. The zero-order valence-electron chi connectivity index (χ0n) is 12.5. The van der Waals surface area contributed by atoms with E-state index in [1.807, 2.05) is 0 Å². The van der Waals surface area contributed by atoms with Crippen LogP contribution in [0.3, 0.4) is 0 Å². The van der Waals surface area contributed by atoms with E-state index in [2.05, 4.69) is 11.6 Å². The van der Waals surface area contributed by atoms with Gasteiger partial charge in [-0.1, -0.05) is 6.08 Å². The quantitative estimate of drug-likeness (QED) is 0.670. The van der Waals surface area contributed by atoms with Crippen LogP contribution in [-0.2, 0) is 4.74 Å². The van der Waals surface area contributed by atoms with Crippen LogP contribution in [0.5, 0.6) is 0 Å². The number of hydrogen-bond donors (Lipinski definition) is 1. The predicted octanol–water partition coefficient (Wildman–Crippen LogP) is 3.01. The number of hydrogen-bond acceptors (Lipinski definition) is 4. The number of ether oxygens (including phenoxy) is 1. The van der Waals surface area contributed by atoms with Crippen molar-refractivity contribution in [3.8, 4) is 0 Å². The number of amides is 1. The minimum Gasteiger partial charge on any atom is -0.444 e. The Hall–Kier alpha value is -2.24. The van der Waals surface area contributed by atoms with E-state index in [0.717, 1.165) is 6.20 Å². The van der Waals surface area contributed by atoms with Crippen LogP contribution in [0, 0.1) is 11.2 Å². The van der Waals surface area contributed by atoms with E-state index < -0.39 is 17.5 Å². The van der Waals surface area contributed by atoms with Gasteiger partial charge in [-0.3, -0.25) is 9.88 Å². The maximum atomic E-state index is 12.8. The van der Waals surface area contributed by atoms with Gasteiger partial charge >= 0.3 is 6.09 Å². The largest absolute Gasteiger partial charge is 0.444 e. The first-order chi connectivity index (χ1) is 9.73. The summed E-state index contributed by atoms with van der Waals surface area (Å²) in [6, 6.07) is 2.63. The molecular formula is C15H20FN3O2. The maximum absolute atomic E-state index is 12.8. The van der Waals surface area contributed by atoms with Crippen molar-refractivity contribution in [1.29, 1.82) is 5.41 Å². The van der Waals surface area contributed by atoms with Crippen molar-refractivity contribution in [2.45, 2.75) is 26.4 Å². The van der Waals surface area contributed by atoms with Crippen LogP contribution in [0.25, 0.3) is 0 Å². The lowest BCUT2D eigenvalue weighted by molar-refractivity contribution is 0.0299. The first kappa shape index (κ1) is 16.8. The Labute approximate surface area is 123 Å². The van der Waals surface area contributed by atoms with Gasteiger partial charge in [0.05, 0.1) is 24.1 Å². The van der Waals surface area contributed by atoms with E-state index in [0.29, 0.717) is 5.69 Å². The van der Waals surface area contributed by atoms with Crippen LogP contribution in [0.1, 0.15) is 26.5 Å². The second-order valence-electron chi connectivity index (χ2n) is 5.49. The Morgan fingerprint density at radius 2 is 2.19 bits per heavy atom. The molecule has 114 valence electrons. The van der Waals surface area contributed by atoms with Crippen molar-refractivity contribution in [2.75, 3.05) is 13.1 Å². The highest BCUT2D eigenvalue weighted by atomic mass is 19.1. The molecule has 0 fully saturated rings. The fourth-order valence-corrected chi connectivity index (χ4v) is 1.51. The number of pyridine rings is 1. The third-order valence-electron chi connectivity index (χ3n) is 2.39. The van der Waals surface area contributed by atoms with Gasteiger partial charge in [-0.25, -0.2) is 9.18 Å². The molecule has 1 heterocycles. The molecule has 1 rings (SSSR count). The van der Waals surface area contributed by atoms with Gasteiger partial charge in [-0.2, -0.15) is 0 Å². The summed E-state index contributed by atoms with van der Waals surface area (Å²) in [4.78, 5) is 17.2. The summed E-state index contributed by atoms with van der Waals surface area (Å²) >= 11 is 0. The van der Waals surface area contributed by atoms with Crippen LogP contribution in [0.2, 0.25) is 0 Å². The zero-order chi connectivity index (χ0) is 16.0. The number of halogens is 1. The summed E-state index contributed by atoms with van der Waals surface area (Å²) in [6.45, 7) is 9.15. The summed E-state index contributed by atoms with van der Waals surface area (Å²) < 4.78 is 18.1. The summed E-state index contributed by atoms with van der Waals surface area (Å²) in [5.41, 5.74) is -0.205. The van der Waals surface area contributed by atoms with Gasteiger partial charge in [0.2, 0.25) is 0 Å². The molecule has 0 radical (unpaired) electrons. The summed E-state index contributed by atoms with van der Waals surface area (Å²) in [5, 5.41) is 7.96. The third-order valence-corrected chi connectivity index (χ3v) is 2.39. The molecule has 0 atom stereocenters. The molecule has 0 saturated heterocycles. The first-order valence-corrected chi connectivity index (χ1v) is 6.51. The molecular weight excluding hydrogens is 273 g/mol. The molecule has 0 aliphatic heterocycles. The van der Waals surface area contributed by atoms with Gasteiger partial charge in [-0.05, 0) is 32.9 Å². The van der Waals surface area contributed by atoms with E-state index in [-0.39, 0.29) is 18.8 Å². The molecule has 0 saturated carbocycles. The molecule has 0 spiro atoms. The molecule has 1 N–H and O–H groups in total. The van der Waals surface area contributed by atoms with Crippen molar-refractivity contribution in [1.82, 2.24) is 9.88 Å². The Bertz CT molecular complexity index is 521. The van der Waals surface area contributed by atoms with Crippen molar-refractivity contribution in [2.24, 2.45) is 0 Å². The fraction of sp³-hybridized carbons (Fsp3) is 0.400. The minimum absolute atomic E-state index is 0.0135. The van der Waals surface area contributed by atoms with Gasteiger partial charge in [0.25, 0.3) is 0 Å². The topological polar surface area (TPSA) is 66.3 Å². The van der Waals surface area contributed by atoms with Crippen molar-refractivity contribution < 1.29 is 13.9 Å². The molecule has 6 heteroatoms. The molecule has 0 unspecified atom stereocenters. The summed E-state index contributed by atoms with van der Waals surface area (Å²) in [5.74, 6) is -0.471. The molecule has 0 bridgehead atoms. The lowest BCUT2D eigenvalue weighted by Crippen LogP contribution is -2.40. The van der Waals surface area contributed by atoms with Gasteiger partial charge in [0, 0.05) is 6.54 Å². The molecule has 0 aliphatic rings. The van der Waals surface area contributed by atoms with Crippen LogP contribution >= 0.6 is 0 Å². The van der Waals surface area contributed by atoms with Crippen molar-refractivity contribution >= 4 is 11.8 Å². The van der Waals surface area contributed by atoms with E-state index in [9.17, 15) is 9.18 Å². The van der Waals surface area contributed by atoms with Gasteiger partial charge in [0.1, 0.15) is 11.4 Å². The second kappa shape index (κ2) is 6.97. The lowest BCUT2D eigenvalue weighted by atomic mass is 10.2. The monoisotopic (exact) mass is 293 g/mol. The Kier molecular flexibility index (Phi) is 5.58. The number of carbonyl (C=O) groups excluding carboxylic acids is 1. The standard InChI is InChI=1S/C15H20FN3O2/c1-5-8-19(14(20)21-15(2,3)4)10-12(17)13-7-6-11(16)9-18-13/h5-7,9,17H,1,8,10H2,2-4H3. The molecule has 1 aromatic heterocycles. The highest BCUT2D eigenvalue weighted by molar-refractivity contribution is 5.99. The minimum atomic E-state index is -0.618. The van der Waals surface area contributed by atoms with Gasteiger partial charge < -0.3 is 10.1 Å². The third kappa shape index (κ3) is 5.72. The van der Waals surface area contributed by atoms with Crippen molar-refractivity contribution in [3.63, 3.8) is 0 Å². The number of aromatic nitrogens is 1. The predicted molar refractivity (Wildman–Crippen MR) is 79.0 cm³/mol. The van der Waals surface area contributed by atoms with Crippen LogP contribution in [0.15, 0.2) is 31.0 Å². The zero-order valence-corrected chi connectivity index (χ0v) is 12.5. The number of carbonyl (C=O) groups is 1. The Balaban J connectivity index is 2.78. The Morgan fingerprint density at radius 1 is 1.52 bits per heavy atom. The Morgan fingerprint density at radius 3 is 2.67 bits per heavy atom. The van der Waals surface area contributed by atoms with Crippen LogP contribution in [-0.4, -0.2) is 40.4 Å². The van der Waals surface area contributed by atoms with E-state index in [1.54, 1.807) is 26.8 Å². The number of nitrogens with one attached hydrogen (secondary N) is 1.